The maximum absolute atomic E-state index is 12.2. The van der Waals surface area contributed by atoms with E-state index in [9.17, 15) is 9.90 Å². The molecule has 0 aliphatic carbocycles. The molecule has 2 heterocycles. The number of amides is 1. The minimum atomic E-state index is -0.175. The van der Waals surface area contributed by atoms with Crippen molar-refractivity contribution in [1.29, 1.82) is 0 Å². The molecule has 1 aromatic carbocycles. The molecule has 0 unspecified atom stereocenters. The average Bonchev–Trinajstić information content (AvgIpc) is 2.62. The second-order valence-electron chi connectivity index (χ2n) is 6.63. The first-order valence-corrected chi connectivity index (χ1v) is 8.68. The number of hydrogen-bond acceptors (Lipinski definition) is 5. The summed E-state index contributed by atoms with van der Waals surface area (Å²) < 4.78 is 0. The predicted molar refractivity (Wildman–Crippen MR) is 96.8 cm³/mol. The van der Waals surface area contributed by atoms with Gasteiger partial charge in [0.2, 0.25) is 0 Å². The lowest BCUT2D eigenvalue weighted by Crippen LogP contribution is -2.36. The van der Waals surface area contributed by atoms with E-state index < -0.39 is 0 Å². The van der Waals surface area contributed by atoms with Crippen LogP contribution in [0, 0.1) is 0 Å². The topological polar surface area (TPSA) is 87.1 Å². The summed E-state index contributed by atoms with van der Waals surface area (Å²) in [6, 6.07) is 9.83. The van der Waals surface area contributed by atoms with Crippen LogP contribution in [-0.4, -0.2) is 40.2 Å². The maximum Gasteiger partial charge on any atom is 0.270 e. The summed E-state index contributed by atoms with van der Waals surface area (Å²) in [4.78, 5) is 21.3. The van der Waals surface area contributed by atoms with Crippen LogP contribution >= 0.6 is 0 Å². The lowest BCUT2D eigenvalue weighted by Gasteiger charge is -2.24. The molecule has 2 aromatic rings. The average molecular weight is 340 g/mol. The molecule has 25 heavy (non-hydrogen) atoms. The quantitative estimate of drug-likeness (QED) is 0.748. The molecule has 1 aromatic heterocycles. The number of fused-ring (bicyclic) bond motifs is 1. The zero-order valence-corrected chi connectivity index (χ0v) is 14.6. The molecule has 132 valence electrons. The number of rotatable bonds is 6. The third-order valence-electron chi connectivity index (χ3n) is 4.30. The largest absolute Gasteiger partial charge is 0.394 e. The third-order valence-corrected chi connectivity index (χ3v) is 4.30. The summed E-state index contributed by atoms with van der Waals surface area (Å²) in [7, 11) is 0. The van der Waals surface area contributed by atoms with Crippen molar-refractivity contribution in [2.45, 2.75) is 38.6 Å². The summed E-state index contributed by atoms with van der Waals surface area (Å²) in [6.45, 7) is 4.56. The molecule has 0 saturated carbocycles. The second kappa shape index (κ2) is 7.61. The molecule has 1 aliphatic heterocycles. The molecule has 0 fully saturated rings. The van der Waals surface area contributed by atoms with Gasteiger partial charge in [0.25, 0.3) is 5.91 Å². The molecule has 6 heteroatoms. The monoisotopic (exact) mass is 340 g/mol. The smallest absolute Gasteiger partial charge is 0.270 e. The summed E-state index contributed by atoms with van der Waals surface area (Å²) in [5.41, 5.74) is 2.42. The lowest BCUT2D eigenvalue weighted by atomic mass is 10.0. The van der Waals surface area contributed by atoms with Crippen LogP contribution in [0.5, 0.6) is 0 Å². The van der Waals surface area contributed by atoms with Gasteiger partial charge in [0, 0.05) is 18.0 Å². The van der Waals surface area contributed by atoms with E-state index in [0.29, 0.717) is 36.7 Å². The Labute approximate surface area is 147 Å². The van der Waals surface area contributed by atoms with Crippen molar-refractivity contribution in [1.82, 2.24) is 15.3 Å². The van der Waals surface area contributed by atoms with Gasteiger partial charge < -0.3 is 15.7 Å². The van der Waals surface area contributed by atoms with Crippen molar-refractivity contribution in [3.05, 3.63) is 53.0 Å². The van der Waals surface area contributed by atoms with Crippen molar-refractivity contribution >= 4 is 11.7 Å². The van der Waals surface area contributed by atoms with Crippen molar-refractivity contribution < 1.29 is 9.90 Å². The normalized spacial score (nSPS) is 14.8. The van der Waals surface area contributed by atoms with E-state index in [1.807, 2.05) is 44.2 Å². The standard InChI is InChI=1S/C19H24N4O2/c1-12(2)17-22-16-15(8-9-20-19(16)25)18(23-17)21-14(11-24)10-13-6-4-3-5-7-13/h3-7,12,14,24H,8-11H2,1-2H3,(H,20,25)(H,21,22,23)/t14-/m1/s1. The Morgan fingerprint density at radius 2 is 2.00 bits per heavy atom. The zero-order valence-electron chi connectivity index (χ0n) is 14.6. The summed E-state index contributed by atoms with van der Waals surface area (Å²) in [5.74, 6) is 1.26. The summed E-state index contributed by atoms with van der Waals surface area (Å²) >= 11 is 0. The summed E-state index contributed by atoms with van der Waals surface area (Å²) in [6.07, 6.45) is 1.37. The molecule has 0 radical (unpaired) electrons. The van der Waals surface area contributed by atoms with Crippen molar-refractivity contribution in [2.75, 3.05) is 18.5 Å². The van der Waals surface area contributed by atoms with Crippen LogP contribution in [0.3, 0.4) is 0 Å². The second-order valence-corrected chi connectivity index (χ2v) is 6.63. The predicted octanol–water partition coefficient (Wildman–Crippen LogP) is 1.90. The Balaban J connectivity index is 1.90. The van der Waals surface area contributed by atoms with E-state index >= 15 is 0 Å². The molecular formula is C19H24N4O2. The number of aromatic nitrogens is 2. The van der Waals surface area contributed by atoms with E-state index in [-0.39, 0.29) is 24.5 Å². The first-order chi connectivity index (χ1) is 12.1. The number of carbonyl (C=O) groups excluding carboxylic acids is 1. The molecule has 3 rings (SSSR count). The van der Waals surface area contributed by atoms with Gasteiger partial charge in [-0.25, -0.2) is 9.97 Å². The Morgan fingerprint density at radius 1 is 1.24 bits per heavy atom. The van der Waals surface area contributed by atoms with Gasteiger partial charge in [-0.2, -0.15) is 0 Å². The first kappa shape index (κ1) is 17.4. The maximum atomic E-state index is 12.2. The van der Waals surface area contributed by atoms with E-state index in [1.54, 1.807) is 0 Å². The molecule has 1 aliphatic rings. The van der Waals surface area contributed by atoms with Crippen LogP contribution in [0.4, 0.5) is 5.82 Å². The van der Waals surface area contributed by atoms with E-state index in [4.69, 9.17) is 0 Å². The van der Waals surface area contributed by atoms with E-state index in [2.05, 4.69) is 20.6 Å². The molecular weight excluding hydrogens is 316 g/mol. The molecule has 0 bridgehead atoms. The highest BCUT2D eigenvalue weighted by molar-refractivity contribution is 5.96. The zero-order chi connectivity index (χ0) is 17.8. The van der Waals surface area contributed by atoms with Crippen molar-refractivity contribution in [3.63, 3.8) is 0 Å². The van der Waals surface area contributed by atoms with Gasteiger partial charge in [-0.1, -0.05) is 44.2 Å². The minimum absolute atomic E-state index is 0.0170. The Hall–Kier alpha value is -2.47. The lowest BCUT2D eigenvalue weighted by molar-refractivity contribution is 0.0940. The number of nitrogens with one attached hydrogen (secondary N) is 2. The fourth-order valence-corrected chi connectivity index (χ4v) is 2.94. The Bertz CT molecular complexity index is 747. The highest BCUT2D eigenvalue weighted by atomic mass is 16.3. The van der Waals surface area contributed by atoms with Gasteiger partial charge >= 0.3 is 0 Å². The fraction of sp³-hybridized carbons (Fsp3) is 0.421. The van der Waals surface area contributed by atoms with Gasteiger partial charge in [0.15, 0.2) is 0 Å². The third kappa shape index (κ3) is 3.96. The van der Waals surface area contributed by atoms with Gasteiger partial charge in [-0.15, -0.1) is 0 Å². The van der Waals surface area contributed by atoms with Crippen LogP contribution in [-0.2, 0) is 12.8 Å². The number of anilines is 1. The van der Waals surface area contributed by atoms with Crippen LogP contribution in [0.1, 0.15) is 47.2 Å². The number of carbonyl (C=O) groups is 1. The number of nitrogens with zero attached hydrogens (tertiary/aromatic N) is 2. The Morgan fingerprint density at radius 3 is 2.68 bits per heavy atom. The first-order valence-electron chi connectivity index (χ1n) is 8.68. The highest BCUT2D eigenvalue weighted by Gasteiger charge is 2.25. The van der Waals surface area contributed by atoms with E-state index in [0.717, 1.165) is 11.1 Å². The molecule has 1 amide bonds. The van der Waals surface area contributed by atoms with Crippen LogP contribution in [0.15, 0.2) is 30.3 Å². The molecule has 0 saturated heterocycles. The van der Waals surface area contributed by atoms with E-state index in [1.165, 1.54) is 0 Å². The van der Waals surface area contributed by atoms with Crippen molar-refractivity contribution in [3.8, 4) is 0 Å². The molecule has 0 spiro atoms. The minimum Gasteiger partial charge on any atom is -0.394 e. The van der Waals surface area contributed by atoms with Gasteiger partial charge in [0.1, 0.15) is 17.3 Å². The molecule has 3 N–H and O–H groups in total. The fourth-order valence-electron chi connectivity index (χ4n) is 2.94. The van der Waals surface area contributed by atoms with Crippen LogP contribution in [0.2, 0.25) is 0 Å². The van der Waals surface area contributed by atoms with Crippen molar-refractivity contribution in [2.24, 2.45) is 0 Å². The van der Waals surface area contributed by atoms with Gasteiger partial charge in [-0.3, -0.25) is 4.79 Å². The van der Waals surface area contributed by atoms with Crippen LogP contribution in [0.25, 0.3) is 0 Å². The molecule has 1 atom stereocenters. The number of hydrogen-bond donors (Lipinski definition) is 3. The summed E-state index contributed by atoms with van der Waals surface area (Å²) in [5, 5.41) is 16.0. The SMILES string of the molecule is CC(C)c1nc(N[C@@H](CO)Cc2ccccc2)c2c(n1)C(=O)NCC2. The number of aliphatic hydroxyl groups excluding tert-OH is 1. The Kier molecular flexibility index (Phi) is 5.28. The van der Waals surface area contributed by atoms with Gasteiger partial charge in [0.05, 0.1) is 12.6 Å². The number of benzene rings is 1. The number of aliphatic hydroxyl groups is 1. The highest BCUT2D eigenvalue weighted by Crippen LogP contribution is 2.24. The van der Waals surface area contributed by atoms with Gasteiger partial charge in [-0.05, 0) is 18.4 Å². The molecule has 6 nitrogen and oxygen atoms in total. The van der Waals surface area contributed by atoms with Crippen LogP contribution < -0.4 is 10.6 Å².